The summed E-state index contributed by atoms with van der Waals surface area (Å²) in [4.78, 5) is 9.36. The molecule has 1 fully saturated rings. The summed E-state index contributed by atoms with van der Waals surface area (Å²) in [5, 5.41) is 0. The average molecular weight is 293 g/mol. The molecule has 22 heavy (non-hydrogen) atoms. The number of pyridine rings is 1. The molecule has 1 atom stereocenters. The monoisotopic (exact) mass is 293 g/mol. The third-order valence-corrected chi connectivity index (χ3v) is 4.23. The highest BCUT2D eigenvalue weighted by atomic mass is 16.5. The van der Waals surface area contributed by atoms with Crippen LogP contribution < -0.4 is 0 Å². The Balaban J connectivity index is 1.79. The normalized spacial score (nSPS) is 18.6. The second kappa shape index (κ2) is 5.89. The van der Waals surface area contributed by atoms with Crippen LogP contribution >= 0.6 is 0 Å². The fraction of sp³-hybridized carbons (Fsp3) is 0.333. The highest BCUT2D eigenvalue weighted by molar-refractivity contribution is 5.77. The Bertz CT molecular complexity index is 760. The zero-order chi connectivity index (χ0) is 14.8. The van der Waals surface area contributed by atoms with Gasteiger partial charge in [0.05, 0.1) is 6.61 Å². The quantitative estimate of drug-likeness (QED) is 0.741. The molecule has 1 aliphatic rings. The molecule has 1 aliphatic heterocycles. The molecule has 1 aromatic carbocycles. The largest absolute Gasteiger partial charge is 0.381 e. The summed E-state index contributed by atoms with van der Waals surface area (Å²) in [6, 6.07) is 14.3. The van der Waals surface area contributed by atoms with E-state index in [2.05, 4.69) is 33.8 Å². The van der Waals surface area contributed by atoms with Crippen molar-refractivity contribution in [3.63, 3.8) is 0 Å². The first-order chi connectivity index (χ1) is 10.9. The molecule has 4 rings (SSSR count). The lowest BCUT2D eigenvalue weighted by Gasteiger charge is -2.23. The lowest BCUT2D eigenvalue weighted by Crippen LogP contribution is -2.22. The van der Waals surface area contributed by atoms with Crippen molar-refractivity contribution in [2.24, 2.45) is 5.92 Å². The zero-order valence-electron chi connectivity index (χ0n) is 12.5. The zero-order valence-corrected chi connectivity index (χ0v) is 12.5. The average Bonchev–Trinajstić information content (AvgIpc) is 2.95. The third-order valence-electron chi connectivity index (χ3n) is 4.23. The smallest absolute Gasteiger partial charge is 0.160 e. The van der Waals surface area contributed by atoms with E-state index in [0.717, 1.165) is 48.7 Å². The molecule has 0 bridgehead atoms. The van der Waals surface area contributed by atoms with Crippen LogP contribution in [0.3, 0.4) is 0 Å². The first-order valence-corrected chi connectivity index (χ1v) is 7.86. The molecule has 4 nitrogen and oxygen atoms in total. The van der Waals surface area contributed by atoms with Crippen LogP contribution in [0.1, 0.15) is 12.8 Å². The van der Waals surface area contributed by atoms with E-state index in [9.17, 15) is 0 Å². The van der Waals surface area contributed by atoms with Crippen LogP contribution in [0.2, 0.25) is 0 Å². The van der Waals surface area contributed by atoms with E-state index in [0.29, 0.717) is 5.92 Å². The van der Waals surface area contributed by atoms with Gasteiger partial charge in [-0.15, -0.1) is 0 Å². The van der Waals surface area contributed by atoms with Gasteiger partial charge in [-0.2, -0.15) is 0 Å². The molecular formula is C18H19N3O. The number of rotatable bonds is 3. The predicted octanol–water partition coefficient (Wildman–Crippen LogP) is 3.52. The number of hydrogen-bond acceptors (Lipinski definition) is 3. The summed E-state index contributed by atoms with van der Waals surface area (Å²) in [6.45, 7) is 2.64. The van der Waals surface area contributed by atoms with Crippen LogP contribution in [0, 0.1) is 5.92 Å². The number of benzene rings is 1. The number of nitrogens with zero attached hydrogens (tertiary/aromatic N) is 3. The van der Waals surface area contributed by atoms with Gasteiger partial charge in [0.25, 0.3) is 0 Å². The van der Waals surface area contributed by atoms with Crippen molar-refractivity contribution in [2.75, 3.05) is 13.2 Å². The molecule has 0 amide bonds. The van der Waals surface area contributed by atoms with Crippen LogP contribution in [0.4, 0.5) is 0 Å². The fourth-order valence-electron chi connectivity index (χ4n) is 3.15. The molecule has 2 aromatic heterocycles. The highest BCUT2D eigenvalue weighted by Gasteiger charge is 2.19. The van der Waals surface area contributed by atoms with Gasteiger partial charge >= 0.3 is 0 Å². The van der Waals surface area contributed by atoms with Crippen molar-refractivity contribution in [2.45, 2.75) is 19.4 Å². The Morgan fingerprint density at radius 1 is 1.14 bits per heavy atom. The van der Waals surface area contributed by atoms with Crippen LogP contribution in [0.5, 0.6) is 0 Å². The summed E-state index contributed by atoms with van der Waals surface area (Å²) < 4.78 is 7.89. The van der Waals surface area contributed by atoms with E-state index in [4.69, 9.17) is 9.72 Å². The Morgan fingerprint density at radius 2 is 2.05 bits per heavy atom. The molecule has 1 saturated heterocycles. The molecule has 0 radical (unpaired) electrons. The fourth-order valence-corrected chi connectivity index (χ4v) is 3.15. The molecule has 0 saturated carbocycles. The molecule has 0 N–H and O–H groups in total. The maximum Gasteiger partial charge on any atom is 0.160 e. The predicted molar refractivity (Wildman–Crippen MR) is 86.5 cm³/mol. The highest BCUT2D eigenvalue weighted by Crippen LogP contribution is 2.26. The number of aromatic nitrogens is 3. The minimum absolute atomic E-state index is 0.538. The number of ether oxygens (including phenoxy) is 1. The van der Waals surface area contributed by atoms with E-state index in [1.54, 1.807) is 0 Å². The summed E-state index contributed by atoms with van der Waals surface area (Å²) in [7, 11) is 0. The van der Waals surface area contributed by atoms with Gasteiger partial charge in [0.2, 0.25) is 0 Å². The van der Waals surface area contributed by atoms with Crippen LogP contribution in [0.15, 0.2) is 48.7 Å². The third kappa shape index (κ3) is 2.50. The Kier molecular flexibility index (Phi) is 3.60. The van der Waals surface area contributed by atoms with Crippen molar-refractivity contribution in [3.8, 4) is 11.4 Å². The number of hydrogen-bond donors (Lipinski definition) is 0. The van der Waals surface area contributed by atoms with E-state index >= 15 is 0 Å². The summed E-state index contributed by atoms with van der Waals surface area (Å²) in [5.41, 5.74) is 3.06. The van der Waals surface area contributed by atoms with Gasteiger partial charge in [0.1, 0.15) is 11.3 Å². The Hall–Kier alpha value is -2.20. The molecule has 0 spiro atoms. The summed E-state index contributed by atoms with van der Waals surface area (Å²) in [5.74, 6) is 1.54. The van der Waals surface area contributed by atoms with Crippen molar-refractivity contribution >= 4 is 11.2 Å². The lowest BCUT2D eigenvalue weighted by atomic mass is 10.0. The van der Waals surface area contributed by atoms with E-state index in [1.807, 2.05) is 24.4 Å². The van der Waals surface area contributed by atoms with Crippen molar-refractivity contribution < 1.29 is 4.74 Å². The molecule has 112 valence electrons. The number of imidazole rings is 1. The second-order valence-corrected chi connectivity index (χ2v) is 5.84. The summed E-state index contributed by atoms with van der Waals surface area (Å²) in [6.07, 6.45) is 4.19. The van der Waals surface area contributed by atoms with Crippen molar-refractivity contribution in [1.82, 2.24) is 14.5 Å². The minimum atomic E-state index is 0.538. The van der Waals surface area contributed by atoms with E-state index < -0.39 is 0 Å². The van der Waals surface area contributed by atoms with Gasteiger partial charge in [0.15, 0.2) is 5.65 Å². The maximum atomic E-state index is 5.63. The molecule has 0 aliphatic carbocycles. The molecule has 3 aromatic rings. The van der Waals surface area contributed by atoms with Gasteiger partial charge in [-0.3, -0.25) is 0 Å². The van der Waals surface area contributed by atoms with Gasteiger partial charge in [0, 0.05) is 30.8 Å². The van der Waals surface area contributed by atoms with Crippen LogP contribution in [-0.4, -0.2) is 27.7 Å². The van der Waals surface area contributed by atoms with Gasteiger partial charge in [-0.1, -0.05) is 30.3 Å². The Morgan fingerprint density at radius 3 is 2.86 bits per heavy atom. The summed E-state index contributed by atoms with van der Waals surface area (Å²) >= 11 is 0. The van der Waals surface area contributed by atoms with Gasteiger partial charge in [-0.25, -0.2) is 9.97 Å². The van der Waals surface area contributed by atoms with E-state index in [1.165, 1.54) is 6.42 Å². The van der Waals surface area contributed by atoms with E-state index in [-0.39, 0.29) is 0 Å². The lowest BCUT2D eigenvalue weighted by molar-refractivity contribution is 0.0489. The second-order valence-electron chi connectivity index (χ2n) is 5.84. The first kappa shape index (κ1) is 13.5. The molecule has 4 heteroatoms. The molecule has 1 unspecified atom stereocenters. The van der Waals surface area contributed by atoms with Crippen LogP contribution in [-0.2, 0) is 11.3 Å². The van der Waals surface area contributed by atoms with Crippen LogP contribution in [0.25, 0.3) is 22.6 Å². The Labute approximate surface area is 129 Å². The maximum absolute atomic E-state index is 5.63. The SMILES string of the molecule is c1ccc(-c2nc3cccnc3n2CC2CCCOC2)cc1. The van der Waals surface area contributed by atoms with Crippen molar-refractivity contribution in [3.05, 3.63) is 48.7 Å². The molecular weight excluding hydrogens is 274 g/mol. The number of fused-ring (bicyclic) bond motifs is 1. The topological polar surface area (TPSA) is 39.9 Å². The molecule has 3 heterocycles. The first-order valence-electron chi connectivity index (χ1n) is 7.86. The van der Waals surface area contributed by atoms with Gasteiger partial charge in [-0.05, 0) is 25.0 Å². The standard InChI is InChI=1S/C18H19N3O/c1-2-7-15(8-3-1)17-20-16-9-4-10-19-18(16)21(17)12-14-6-5-11-22-13-14/h1-4,7-10,14H,5-6,11-13H2. The minimum Gasteiger partial charge on any atom is -0.381 e. The van der Waals surface area contributed by atoms with Crippen molar-refractivity contribution in [1.29, 1.82) is 0 Å². The van der Waals surface area contributed by atoms with Gasteiger partial charge < -0.3 is 9.30 Å².